The van der Waals surface area contributed by atoms with E-state index in [4.69, 9.17) is 28.3 Å². The predicted octanol–water partition coefficient (Wildman–Crippen LogP) is 4.83. The molecule has 0 bridgehead atoms. The molecule has 20 heavy (non-hydrogen) atoms. The molecule has 1 aromatic heterocycles. The van der Waals surface area contributed by atoms with Crippen LogP contribution in [0.5, 0.6) is 0 Å². The Morgan fingerprint density at radius 2 is 1.95 bits per heavy atom. The molecular formula is C11H4Cl2F3NO2S. The lowest BCUT2D eigenvalue weighted by Gasteiger charge is -2.03. The van der Waals surface area contributed by atoms with E-state index >= 15 is 0 Å². The maximum atomic E-state index is 12.7. The molecule has 0 fully saturated rings. The summed E-state index contributed by atoms with van der Waals surface area (Å²) >= 11 is 12.0. The highest BCUT2D eigenvalue weighted by atomic mass is 35.5. The van der Waals surface area contributed by atoms with Crippen LogP contribution in [-0.4, -0.2) is 16.1 Å². The van der Waals surface area contributed by atoms with Gasteiger partial charge in [0.05, 0.1) is 5.02 Å². The van der Waals surface area contributed by atoms with E-state index in [1.165, 1.54) is 18.2 Å². The smallest absolute Gasteiger partial charge is 0.435 e. The van der Waals surface area contributed by atoms with E-state index in [0.29, 0.717) is 11.3 Å². The van der Waals surface area contributed by atoms with Crippen LogP contribution in [0.25, 0.3) is 10.6 Å². The highest BCUT2D eigenvalue weighted by Gasteiger charge is 2.40. The molecule has 1 heterocycles. The van der Waals surface area contributed by atoms with Gasteiger partial charge in [-0.25, -0.2) is 9.78 Å². The number of aromatic nitrogens is 1. The molecule has 0 spiro atoms. The van der Waals surface area contributed by atoms with Gasteiger partial charge in [0, 0.05) is 10.6 Å². The van der Waals surface area contributed by atoms with Crippen LogP contribution in [-0.2, 0) is 6.18 Å². The Labute approximate surface area is 124 Å². The third kappa shape index (κ3) is 2.89. The number of thiazole rings is 1. The number of hydrogen-bond acceptors (Lipinski definition) is 3. The molecule has 106 valence electrons. The molecule has 0 unspecified atom stereocenters. The molecule has 1 aromatic carbocycles. The molecule has 2 aromatic rings. The molecule has 0 atom stereocenters. The monoisotopic (exact) mass is 341 g/mol. The summed E-state index contributed by atoms with van der Waals surface area (Å²) < 4.78 is 38.2. The summed E-state index contributed by atoms with van der Waals surface area (Å²) in [6.07, 6.45) is -4.85. The minimum absolute atomic E-state index is 0.133. The van der Waals surface area contributed by atoms with Crippen molar-refractivity contribution in [1.29, 1.82) is 0 Å². The first-order valence-electron chi connectivity index (χ1n) is 4.97. The Hall–Kier alpha value is -1.31. The van der Waals surface area contributed by atoms with Gasteiger partial charge in [-0.05, 0) is 18.2 Å². The lowest BCUT2D eigenvalue weighted by Crippen LogP contribution is -2.11. The SMILES string of the molecule is O=C(O)c1sc(-c2cc(Cl)ccc2Cl)nc1C(F)(F)F. The van der Waals surface area contributed by atoms with Crippen LogP contribution in [0.4, 0.5) is 13.2 Å². The Balaban J connectivity index is 2.65. The molecular weight excluding hydrogens is 338 g/mol. The fourth-order valence-electron chi connectivity index (χ4n) is 1.43. The van der Waals surface area contributed by atoms with Crippen molar-refractivity contribution in [3.8, 4) is 10.6 Å². The lowest BCUT2D eigenvalue weighted by molar-refractivity contribution is -0.141. The molecule has 2 rings (SSSR count). The molecule has 0 aliphatic heterocycles. The molecule has 0 saturated heterocycles. The number of hydrogen-bond donors (Lipinski definition) is 1. The normalized spacial score (nSPS) is 11.7. The number of rotatable bonds is 2. The summed E-state index contributed by atoms with van der Waals surface area (Å²) in [7, 11) is 0. The first-order chi connectivity index (χ1) is 9.20. The Kier molecular flexibility index (Phi) is 3.95. The van der Waals surface area contributed by atoms with Gasteiger partial charge >= 0.3 is 12.1 Å². The zero-order chi connectivity index (χ0) is 15.1. The van der Waals surface area contributed by atoms with Gasteiger partial charge in [-0.3, -0.25) is 0 Å². The van der Waals surface area contributed by atoms with E-state index < -0.39 is 22.7 Å². The molecule has 0 saturated carbocycles. The zero-order valence-electron chi connectivity index (χ0n) is 9.33. The summed E-state index contributed by atoms with van der Waals surface area (Å²) in [5, 5.41) is 9.06. The summed E-state index contributed by atoms with van der Waals surface area (Å²) in [5.74, 6) is -1.70. The van der Waals surface area contributed by atoms with Gasteiger partial charge in [-0.2, -0.15) is 13.2 Å². The van der Waals surface area contributed by atoms with Gasteiger partial charge in [0.25, 0.3) is 0 Å². The van der Waals surface area contributed by atoms with Crippen LogP contribution in [0, 0.1) is 0 Å². The zero-order valence-corrected chi connectivity index (χ0v) is 11.7. The van der Waals surface area contributed by atoms with Crippen LogP contribution < -0.4 is 0 Å². The van der Waals surface area contributed by atoms with E-state index in [-0.39, 0.29) is 20.6 Å². The topological polar surface area (TPSA) is 50.2 Å². The van der Waals surface area contributed by atoms with Gasteiger partial charge in [-0.15, -0.1) is 11.3 Å². The summed E-state index contributed by atoms with van der Waals surface area (Å²) in [4.78, 5) is 13.3. The van der Waals surface area contributed by atoms with Crippen LogP contribution in [0.2, 0.25) is 10.0 Å². The summed E-state index contributed by atoms with van der Waals surface area (Å²) in [6, 6.07) is 4.19. The molecule has 0 amide bonds. The number of carboxylic acid groups (broad SMARTS) is 1. The minimum atomic E-state index is -4.85. The van der Waals surface area contributed by atoms with Crippen molar-refractivity contribution in [2.75, 3.05) is 0 Å². The fraction of sp³-hybridized carbons (Fsp3) is 0.0909. The fourth-order valence-corrected chi connectivity index (χ4v) is 2.82. The summed E-state index contributed by atoms with van der Waals surface area (Å²) in [6.45, 7) is 0. The van der Waals surface area contributed by atoms with Crippen molar-refractivity contribution in [1.82, 2.24) is 4.98 Å². The second kappa shape index (κ2) is 5.23. The molecule has 0 radical (unpaired) electrons. The van der Waals surface area contributed by atoms with Crippen LogP contribution in [0.1, 0.15) is 15.4 Å². The van der Waals surface area contributed by atoms with Gasteiger partial charge in [0.1, 0.15) is 9.88 Å². The number of halogens is 5. The number of carbonyl (C=O) groups is 1. The number of carboxylic acids is 1. The Morgan fingerprint density at radius 1 is 1.30 bits per heavy atom. The van der Waals surface area contributed by atoms with Crippen molar-refractivity contribution in [3.05, 3.63) is 38.8 Å². The molecule has 0 aliphatic rings. The third-order valence-corrected chi connectivity index (χ3v) is 3.89. The van der Waals surface area contributed by atoms with Gasteiger partial charge in [0.2, 0.25) is 0 Å². The molecule has 3 nitrogen and oxygen atoms in total. The Morgan fingerprint density at radius 3 is 2.45 bits per heavy atom. The second-order valence-corrected chi connectivity index (χ2v) is 5.47. The highest BCUT2D eigenvalue weighted by molar-refractivity contribution is 7.17. The molecule has 9 heteroatoms. The number of aromatic carboxylic acids is 1. The predicted molar refractivity (Wildman–Crippen MR) is 69.5 cm³/mol. The molecule has 1 N–H and O–H groups in total. The third-order valence-electron chi connectivity index (χ3n) is 2.25. The number of benzene rings is 1. The lowest BCUT2D eigenvalue weighted by atomic mass is 10.2. The van der Waals surface area contributed by atoms with Crippen molar-refractivity contribution in [3.63, 3.8) is 0 Å². The Bertz CT molecular complexity index is 685. The van der Waals surface area contributed by atoms with Gasteiger partial charge in [-0.1, -0.05) is 23.2 Å². The first-order valence-corrected chi connectivity index (χ1v) is 6.54. The van der Waals surface area contributed by atoms with Crippen LogP contribution >= 0.6 is 34.5 Å². The van der Waals surface area contributed by atoms with E-state index in [1.54, 1.807) is 0 Å². The number of alkyl halides is 3. The standard InChI is InChI=1S/C11H4Cl2F3NO2S/c12-4-1-2-6(13)5(3-4)9-17-8(11(14,15)16)7(20-9)10(18)19/h1-3H,(H,18,19). The van der Waals surface area contributed by atoms with Gasteiger partial charge < -0.3 is 5.11 Å². The highest BCUT2D eigenvalue weighted by Crippen LogP contribution is 2.40. The van der Waals surface area contributed by atoms with Crippen LogP contribution in [0.3, 0.4) is 0 Å². The quantitative estimate of drug-likeness (QED) is 0.850. The summed E-state index contributed by atoms with van der Waals surface area (Å²) in [5.41, 5.74) is -1.29. The second-order valence-electron chi connectivity index (χ2n) is 3.62. The van der Waals surface area contributed by atoms with Crippen LogP contribution in [0.15, 0.2) is 18.2 Å². The number of nitrogens with zero attached hydrogens (tertiary/aromatic N) is 1. The van der Waals surface area contributed by atoms with Crippen molar-refractivity contribution in [2.45, 2.75) is 6.18 Å². The minimum Gasteiger partial charge on any atom is -0.477 e. The molecule has 0 aliphatic carbocycles. The average Bonchev–Trinajstić information content (AvgIpc) is 2.77. The van der Waals surface area contributed by atoms with E-state index in [9.17, 15) is 18.0 Å². The van der Waals surface area contributed by atoms with E-state index in [1.807, 2.05) is 0 Å². The van der Waals surface area contributed by atoms with Crippen molar-refractivity contribution in [2.24, 2.45) is 0 Å². The maximum Gasteiger partial charge on any atom is 0.435 e. The first kappa shape index (κ1) is 15.1. The van der Waals surface area contributed by atoms with E-state index in [2.05, 4.69) is 4.98 Å². The van der Waals surface area contributed by atoms with E-state index in [0.717, 1.165) is 0 Å². The average molecular weight is 342 g/mol. The largest absolute Gasteiger partial charge is 0.477 e. The van der Waals surface area contributed by atoms with Crippen molar-refractivity contribution < 1.29 is 23.1 Å². The maximum absolute atomic E-state index is 12.7. The van der Waals surface area contributed by atoms with Gasteiger partial charge in [0.15, 0.2) is 5.69 Å². The van der Waals surface area contributed by atoms with Crippen molar-refractivity contribution >= 4 is 40.5 Å².